The molecule has 0 unspecified atom stereocenters. The Labute approximate surface area is 88.3 Å². The lowest BCUT2D eigenvalue weighted by molar-refractivity contribution is -0.120. The predicted octanol–water partition coefficient (Wildman–Crippen LogP) is -0.00310. The Balaban J connectivity index is 2.28. The molecule has 0 fully saturated rings. The lowest BCUT2D eigenvalue weighted by Gasteiger charge is -2.05. The van der Waals surface area contributed by atoms with Gasteiger partial charge in [0.15, 0.2) is 0 Å². The van der Waals surface area contributed by atoms with Crippen molar-refractivity contribution in [1.82, 2.24) is 15.3 Å². The SMILES string of the molecule is CCNC(=O)CCNc1cc(N)ncn1. The van der Waals surface area contributed by atoms with Crippen LogP contribution in [0.25, 0.3) is 0 Å². The zero-order valence-electron chi connectivity index (χ0n) is 8.66. The number of nitrogens with two attached hydrogens (primary N) is 1. The summed E-state index contributed by atoms with van der Waals surface area (Å²) in [7, 11) is 0. The second-order valence-corrected chi connectivity index (χ2v) is 2.96. The average Bonchev–Trinajstić information content (AvgIpc) is 2.18. The van der Waals surface area contributed by atoms with Gasteiger partial charge in [-0.25, -0.2) is 9.97 Å². The van der Waals surface area contributed by atoms with Gasteiger partial charge in [-0.3, -0.25) is 4.79 Å². The molecule has 1 rings (SSSR count). The van der Waals surface area contributed by atoms with Crippen LogP contribution in [0, 0.1) is 0 Å². The van der Waals surface area contributed by atoms with E-state index in [0.29, 0.717) is 31.1 Å². The molecular weight excluding hydrogens is 194 g/mol. The van der Waals surface area contributed by atoms with Crippen LogP contribution in [0.1, 0.15) is 13.3 Å². The number of nitrogens with zero attached hydrogens (tertiary/aromatic N) is 2. The lowest BCUT2D eigenvalue weighted by atomic mass is 10.4. The van der Waals surface area contributed by atoms with Crippen molar-refractivity contribution in [2.24, 2.45) is 0 Å². The van der Waals surface area contributed by atoms with Crippen molar-refractivity contribution < 1.29 is 4.79 Å². The smallest absolute Gasteiger partial charge is 0.221 e. The fourth-order valence-electron chi connectivity index (χ4n) is 1.06. The van der Waals surface area contributed by atoms with E-state index in [-0.39, 0.29) is 5.91 Å². The van der Waals surface area contributed by atoms with Crippen LogP contribution < -0.4 is 16.4 Å². The third-order valence-electron chi connectivity index (χ3n) is 1.72. The van der Waals surface area contributed by atoms with Crippen LogP contribution in [-0.2, 0) is 4.79 Å². The maximum Gasteiger partial charge on any atom is 0.221 e. The molecule has 0 radical (unpaired) electrons. The van der Waals surface area contributed by atoms with Crippen molar-refractivity contribution >= 4 is 17.5 Å². The van der Waals surface area contributed by atoms with E-state index in [1.807, 2.05) is 6.92 Å². The third kappa shape index (κ3) is 4.26. The minimum Gasteiger partial charge on any atom is -0.384 e. The maximum absolute atomic E-state index is 11.1. The first kappa shape index (κ1) is 11.2. The molecule has 0 atom stereocenters. The van der Waals surface area contributed by atoms with Gasteiger partial charge in [0.25, 0.3) is 0 Å². The molecule has 1 heterocycles. The normalized spacial score (nSPS) is 9.67. The molecule has 0 saturated carbocycles. The van der Waals surface area contributed by atoms with Gasteiger partial charge in [0, 0.05) is 25.6 Å². The summed E-state index contributed by atoms with van der Waals surface area (Å²) in [6.45, 7) is 3.07. The second-order valence-electron chi connectivity index (χ2n) is 2.96. The number of anilines is 2. The fourth-order valence-corrected chi connectivity index (χ4v) is 1.06. The van der Waals surface area contributed by atoms with E-state index in [1.54, 1.807) is 6.07 Å². The summed E-state index contributed by atoms with van der Waals surface area (Å²) in [5.74, 6) is 1.06. The van der Waals surface area contributed by atoms with Crippen LogP contribution in [0.5, 0.6) is 0 Å². The molecule has 4 N–H and O–H groups in total. The number of hydrogen-bond donors (Lipinski definition) is 3. The highest BCUT2D eigenvalue weighted by atomic mass is 16.1. The summed E-state index contributed by atoms with van der Waals surface area (Å²) in [6.07, 6.45) is 1.79. The predicted molar refractivity (Wildman–Crippen MR) is 58.2 cm³/mol. The molecule has 0 aromatic carbocycles. The molecule has 0 aliphatic rings. The van der Waals surface area contributed by atoms with Crippen LogP contribution in [0.15, 0.2) is 12.4 Å². The van der Waals surface area contributed by atoms with Crippen LogP contribution in [0.4, 0.5) is 11.6 Å². The number of hydrogen-bond acceptors (Lipinski definition) is 5. The average molecular weight is 209 g/mol. The first-order valence-electron chi connectivity index (χ1n) is 4.80. The van der Waals surface area contributed by atoms with Crippen molar-refractivity contribution in [2.45, 2.75) is 13.3 Å². The van der Waals surface area contributed by atoms with Crippen molar-refractivity contribution in [3.63, 3.8) is 0 Å². The topological polar surface area (TPSA) is 92.9 Å². The Morgan fingerprint density at radius 1 is 1.53 bits per heavy atom. The molecule has 6 nitrogen and oxygen atoms in total. The minimum atomic E-state index is 0.0204. The summed E-state index contributed by atoms with van der Waals surface area (Å²) in [6, 6.07) is 1.62. The van der Waals surface area contributed by atoms with E-state index in [1.165, 1.54) is 6.33 Å². The van der Waals surface area contributed by atoms with Gasteiger partial charge < -0.3 is 16.4 Å². The Bertz CT molecular complexity index is 328. The molecule has 0 spiro atoms. The van der Waals surface area contributed by atoms with Gasteiger partial charge in [0.1, 0.15) is 18.0 Å². The number of aromatic nitrogens is 2. The minimum absolute atomic E-state index is 0.0204. The fraction of sp³-hybridized carbons (Fsp3) is 0.444. The monoisotopic (exact) mass is 209 g/mol. The first-order valence-corrected chi connectivity index (χ1v) is 4.80. The van der Waals surface area contributed by atoms with Gasteiger partial charge in [0.2, 0.25) is 5.91 Å². The lowest BCUT2D eigenvalue weighted by Crippen LogP contribution is -2.24. The summed E-state index contributed by atoms with van der Waals surface area (Å²) in [4.78, 5) is 18.8. The standard InChI is InChI=1S/C9H15N5O/c1-2-11-9(15)3-4-12-8-5-7(10)13-6-14-8/h5-6H,2-4H2,1H3,(H,11,15)(H3,10,12,13,14). The quantitative estimate of drug-likeness (QED) is 0.634. The third-order valence-corrected chi connectivity index (χ3v) is 1.72. The summed E-state index contributed by atoms with van der Waals surface area (Å²) in [5, 5.41) is 5.69. The van der Waals surface area contributed by atoms with Crippen molar-refractivity contribution in [3.05, 3.63) is 12.4 Å². The molecule has 15 heavy (non-hydrogen) atoms. The number of rotatable bonds is 5. The Morgan fingerprint density at radius 2 is 2.33 bits per heavy atom. The Morgan fingerprint density at radius 3 is 3.00 bits per heavy atom. The van der Waals surface area contributed by atoms with Gasteiger partial charge in [-0.15, -0.1) is 0 Å². The van der Waals surface area contributed by atoms with E-state index < -0.39 is 0 Å². The zero-order valence-corrected chi connectivity index (χ0v) is 8.66. The van der Waals surface area contributed by atoms with Gasteiger partial charge in [0.05, 0.1) is 0 Å². The number of carbonyl (C=O) groups is 1. The summed E-state index contributed by atoms with van der Waals surface area (Å²) < 4.78 is 0. The molecule has 0 saturated heterocycles. The zero-order chi connectivity index (χ0) is 11.1. The van der Waals surface area contributed by atoms with Gasteiger partial charge in [-0.05, 0) is 6.92 Å². The molecular formula is C9H15N5O. The van der Waals surface area contributed by atoms with E-state index in [9.17, 15) is 4.79 Å². The van der Waals surface area contributed by atoms with E-state index >= 15 is 0 Å². The maximum atomic E-state index is 11.1. The first-order chi connectivity index (χ1) is 7.22. The van der Waals surface area contributed by atoms with E-state index in [0.717, 1.165) is 0 Å². The molecule has 1 amide bonds. The van der Waals surface area contributed by atoms with Crippen LogP contribution in [-0.4, -0.2) is 29.0 Å². The highest BCUT2D eigenvalue weighted by Crippen LogP contribution is 2.03. The molecule has 82 valence electrons. The second kappa shape index (κ2) is 5.79. The number of amides is 1. The molecule has 0 aliphatic heterocycles. The van der Waals surface area contributed by atoms with Crippen molar-refractivity contribution in [3.8, 4) is 0 Å². The Kier molecular flexibility index (Phi) is 4.33. The Hall–Kier alpha value is -1.85. The number of nitrogen functional groups attached to an aromatic ring is 1. The van der Waals surface area contributed by atoms with E-state index in [2.05, 4.69) is 20.6 Å². The largest absolute Gasteiger partial charge is 0.384 e. The summed E-state index contributed by atoms with van der Waals surface area (Å²) >= 11 is 0. The molecule has 0 bridgehead atoms. The van der Waals surface area contributed by atoms with E-state index in [4.69, 9.17) is 5.73 Å². The number of nitrogens with one attached hydrogen (secondary N) is 2. The molecule has 6 heteroatoms. The highest BCUT2D eigenvalue weighted by Gasteiger charge is 1.99. The van der Waals surface area contributed by atoms with Crippen LogP contribution in [0.3, 0.4) is 0 Å². The van der Waals surface area contributed by atoms with Crippen molar-refractivity contribution in [2.75, 3.05) is 24.1 Å². The number of carbonyl (C=O) groups excluding carboxylic acids is 1. The highest BCUT2D eigenvalue weighted by molar-refractivity contribution is 5.76. The molecule has 1 aromatic rings. The van der Waals surface area contributed by atoms with Gasteiger partial charge in [-0.2, -0.15) is 0 Å². The van der Waals surface area contributed by atoms with Crippen LogP contribution >= 0.6 is 0 Å². The summed E-state index contributed by atoms with van der Waals surface area (Å²) in [5.41, 5.74) is 5.47. The molecule has 0 aliphatic carbocycles. The van der Waals surface area contributed by atoms with Gasteiger partial charge >= 0.3 is 0 Å². The van der Waals surface area contributed by atoms with Crippen molar-refractivity contribution in [1.29, 1.82) is 0 Å². The van der Waals surface area contributed by atoms with Gasteiger partial charge in [-0.1, -0.05) is 0 Å². The van der Waals surface area contributed by atoms with Crippen LogP contribution in [0.2, 0.25) is 0 Å². The molecule has 1 aromatic heterocycles.